The first-order valence-corrected chi connectivity index (χ1v) is 7.94. The number of halogens is 2. The van der Waals surface area contributed by atoms with Crippen LogP contribution in [0.3, 0.4) is 0 Å². The molecule has 1 aliphatic heterocycles. The van der Waals surface area contributed by atoms with Gasteiger partial charge in [0.1, 0.15) is 0 Å². The highest BCUT2D eigenvalue weighted by atomic mass is 35.5. The molecule has 0 bridgehead atoms. The smallest absolute Gasteiger partial charge is 0.220 e. The van der Waals surface area contributed by atoms with Gasteiger partial charge in [-0.1, -0.05) is 6.42 Å². The maximum Gasteiger partial charge on any atom is 0.220 e. The number of nitrogens with one attached hydrogen (secondary N) is 1. The number of carbonyl (C=O) groups excluding carboxylic acids is 1. The van der Waals surface area contributed by atoms with E-state index in [1.54, 1.807) is 0 Å². The third kappa shape index (κ3) is 4.72. The van der Waals surface area contributed by atoms with Gasteiger partial charge in [0.2, 0.25) is 5.91 Å². The van der Waals surface area contributed by atoms with Gasteiger partial charge in [-0.05, 0) is 44.9 Å². The molecule has 0 aromatic rings. The van der Waals surface area contributed by atoms with Crippen molar-refractivity contribution in [2.75, 3.05) is 6.54 Å². The maximum absolute atomic E-state index is 12.1. The average molecular weight is 338 g/mol. The fourth-order valence-corrected chi connectivity index (χ4v) is 3.92. The molecule has 3 aliphatic rings. The van der Waals surface area contributed by atoms with Crippen LogP contribution in [-0.4, -0.2) is 41.5 Å². The SMILES string of the molecule is CC1CC(NC(=O)C[C@@H]2CCC[C@H]2N)CN1C1CC1.Cl.Cl. The Bertz CT molecular complexity index is 352. The minimum absolute atomic E-state index is 0. The van der Waals surface area contributed by atoms with Crippen LogP contribution in [0.1, 0.15) is 51.9 Å². The summed E-state index contributed by atoms with van der Waals surface area (Å²) in [6.45, 7) is 3.34. The molecule has 2 aliphatic carbocycles. The molecular weight excluding hydrogens is 309 g/mol. The van der Waals surface area contributed by atoms with E-state index in [-0.39, 0.29) is 36.8 Å². The lowest BCUT2D eigenvalue weighted by Crippen LogP contribution is -2.39. The third-order valence-corrected chi connectivity index (χ3v) is 5.17. The van der Waals surface area contributed by atoms with Crippen LogP contribution >= 0.6 is 24.8 Å². The number of amides is 1. The number of rotatable bonds is 4. The highest BCUT2D eigenvalue weighted by Gasteiger charge is 2.39. The van der Waals surface area contributed by atoms with Gasteiger partial charge in [0.25, 0.3) is 0 Å². The Morgan fingerprint density at radius 3 is 2.52 bits per heavy atom. The van der Waals surface area contributed by atoms with Crippen molar-refractivity contribution in [3.05, 3.63) is 0 Å². The molecule has 6 heteroatoms. The predicted octanol–water partition coefficient (Wildman–Crippen LogP) is 2.09. The van der Waals surface area contributed by atoms with Crippen molar-refractivity contribution in [3.63, 3.8) is 0 Å². The molecule has 1 amide bonds. The zero-order valence-electron chi connectivity index (χ0n) is 12.8. The molecule has 2 unspecified atom stereocenters. The van der Waals surface area contributed by atoms with Crippen molar-refractivity contribution in [2.24, 2.45) is 11.7 Å². The molecule has 0 aromatic heterocycles. The molecule has 21 heavy (non-hydrogen) atoms. The van der Waals surface area contributed by atoms with Crippen molar-refractivity contribution in [1.29, 1.82) is 0 Å². The monoisotopic (exact) mass is 337 g/mol. The van der Waals surface area contributed by atoms with Gasteiger partial charge >= 0.3 is 0 Å². The van der Waals surface area contributed by atoms with Crippen molar-refractivity contribution in [2.45, 2.75) is 76.0 Å². The Hall–Kier alpha value is -0.0300. The zero-order valence-corrected chi connectivity index (χ0v) is 14.4. The van der Waals surface area contributed by atoms with E-state index in [1.807, 2.05) is 0 Å². The largest absolute Gasteiger partial charge is 0.352 e. The Labute approximate surface area is 140 Å². The summed E-state index contributed by atoms with van der Waals surface area (Å²) >= 11 is 0. The summed E-state index contributed by atoms with van der Waals surface area (Å²) < 4.78 is 0. The normalized spacial score (nSPS) is 35.9. The van der Waals surface area contributed by atoms with Gasteiger partial charge in [0, 0.05) is 37.1 Å². The van der Waals surface area contributed by atoms with E-state index in [0.717, 1.165) is 31.8 Å². The molecule has 1 heterocycles. The van der Waals surface area contributed by atoms with Crippen LogP contribution in [0, 0.1) is 5.92 Å². The highest BCUT2D eigenvalue weighted by Crippen LogP contribution is 2.33. The van der Waals surface area contributed by atoms with Crippen molar-refractivity contribution in [3.8, 4) is 0 Å². The summed E-state index contributed by atoms with van der Waals surface area (Å²) in [5.74, 6) is 0.635. The van der Waals surface area contributed by atoms with E-state index in [4.69, 9.17) is 5.73 Å². The van der Waals surface area contributed by atoms with Crippen LogP contribution in [-0.2, 0) is 4.79 Å². The van der Waals surface area contributed by atoms with Crippen LogP contribution in [0.15, 0.2) is 0 Å². The summed E-state index contributed by atoms with van der Waals surface area (Å²) in [7, 11) is 0. The quantitative estimate of drug-likeness (QED) is 0.825. The first kappa shape index (κ1) is 19.0. The second-order valence-electron chi connectivity index (χ2n) is 6.84. The van der Waals surface area contributed by atoms with E-state index in [0.29, 0.717) is 24.4 Å². The maximum atomic E-state index is 12.1. The summed E-state index contributed by atoms with van der Waals surface area (Å²) in [6, 6.07) is 2.05. The zero-order chi connectivity index (χ0) is 13.4. The Morgan fingerprint density at radius 1 is 1.24 bits per heavy atom. The first-order valence-electron chi connectivity index (χ1n) is 7.94. The second-order valence-corrected chi connectivity index (χ2v) is 6.84. The molecule has 0 radical (unpaired) electrons. The van der Waals surface area contributed by atoms with Gasteiger partial charge in [-0.15, -0.1) is 24.8 Å². The lowest BCUT2D eigenvalue weighted by atomic mass is 9.99. The molecule has 0 spiro atoms. The van der Waals surface area contributed by atoms with Gasteiger partial charge in [0.05, 0.1) is 0 Å². The highest BCUT2D eigenvalue weighted by molar-refractivity contribution is 5.85. The molecule has 3 N–H and O–H groups in total. The predicted molar refractivity (Wildman–Crippen MR) is 90.2 cm³/mol. The third-order valence-electron chi connectivity index (χ3n) is 5.17. The van der Waals surface area contributed by atoms with Crippen molar-refractivity contribution < 1.29 is 4.79 Å². The number of nitrogens with two attached hydrogens (primary N) is 1. The standard InChI is InChI=1S/C15H27N3O.2ClH/c1-10-7-12(9-18(10)13-5-6-13)17-15(19)8-11-3-2-4-14(11)16;;/h10-14H,2-9,16H2,1H3,(H,17,19);2*1H/t10?,11-,12?,14+;;/m0../s1. The molecule has 2 saturated carbocycles. The minimum Gasteiger partial charge on any atom is -0.352 e. The van der Waals surface area contributed by atoms with E-state index in [9.17, 15) is 4.79 Å². The Morgan fingerprint density at radius 2 is 1.95 bits per heavy atom. The summed E-state index contributed by atoms with van der Waals surface area (Å²) in [6.07, 6.45) is 7.85. The number of carbonyl (C=O) groups is 1. The van der Waals surface area contributed by atoms with Gasteiger partial charge in [0.15, 0.2) is 0 Å². The summed E-state index contributed by atoms with van der Waals surface area (Å²) in [5.41, 5.74) is 6.04. The van der Waals surface area contributed by atoms with E-state index in [1.165, 1.54) is 19.3 Å². The molecule has 3 fully saturated rings. The Kier molecular flexibility index (Phi) is 7.25. The van der Waals surface area contributed by atoms with Crippen LogP contribution in [0.2, 0.25) is 0 Å². The summed E-state index contributed by atoms with van der Waals surface area (Å²) in [5, 5.41) is 3.23. The van der Waals surface area contributed by atoms with Crippen molar-refractivity contribution in [1.82, 2.24) is 10.2 Å². The van der Waals surface area contributed by atoms with Crippen LogP contribution < -0.4 is 11.1 Å². The molecule has 4 atom stereocenters. The number of likely N-dealkylation sites (tertiary alicyclic amines) is 1. The van der Waals surface area contributed by atoms with Crippen molar-refractivity contribution >= 4 is 30.7 Å². The van der Waals surface area contributed by atoms with Gasteiger partial charge in [-0.2, -0.15) is 0 Å². The molecule has 124 valence electrons. The molecule has 3 rings (SSSR count). The number of nitrogens with zero attached hydrogens (tertiary/aromatic N) is 1. The van der Waals surface area contributed by atoms with E-state index in [2.05, 4.69) is 17.1 Å². The number of hydrogen-bond acceptors (Lipinski definition) is 3. The van der Waals surface area contributed by atoms with Gasteiger partial charge in [-0.25, -0.2) is 0 Å². The van der Waals surface area contributed by atoms with E-state index < -0.39 is 0 Å². The lowest BCUT2D eigenvalue weighted by Gasteiger charge is -2.20. The van der Waals surface area contributed by atoms with E-state index >= 15 is 0 Å². The fourth-order valence-electron chi connectivity index (χ4n) is 3.92. The molecule has 1 saturated heterocycles. The Balaban J connectivity index is 0.00000110. The minimum atomic E-state index is 0. The average Bonchev–Trinajstić information content (AvgIpc) is 3.03. The van der Waals surface area contributed by atoms with Gasteiger partial charge in [-0.3, -0.25) is 9.69 Å². The topological polar surface area (TPSA) is 58.4 Å². The lowest BCUT2D eigenvalue weighted by molar-refractivity contribution is -0.122. The molecule has 0 aromatic carbocycles. The molecular formula is C15H29Cl2N3O. The molecule has 4 nitrogen and oxygen atoms in total. The van der Waals surface area contributed by atoms with Crippen LogP contribution in [0.5, 0.6) is 0 Å². The number of hydrogen-bond donors (Lipinski definition) is 2. The van der Waals surface area contributed by atoms with Crippen LogP contribution in [0.25, 0.3) is 0 Å². The second kappa shape index (κ2) is 8.00. The first-order chi connectivity index (χ1) is 9.13. The van der Waals surface area contributed by atoms with Gasteiger partial charge < -0.3 is 11.1 Å². The summed E-state index contributed by atoms with van der Waals surface area (Å²) in [4.78, 5) is 14.7. The fraction of sp³-hybridized carbons (Fsp3) is 0.933. The van der Waals surface area contributed by atoms with Crippen LogP contribution in [0.4, 0.5) is 0 Å².